The van der Waals surface area contributed by atoms with Crippen LogP contribution >= 0.6 is 0 Å². The Labute approximate surface area is 122 Å². The zero-order chi connectivity index (χ0) is 14.8. The van der Waals surface area contributed by atoms with Crippen molar-refractivity contribution in [2.24, 2.45) is 5.92 Å². The lowest BCUT2D eigenvalue weighted by molar-refractivity contribution is 0.123. The first kappa shape index (κ1) is 14.2. The van der Waals surface area contributed by atoms with Crippen LogP contribution in [0.25, 0.3) is 11.4 Å². The Morgan fingerprint density at radius 2 is 2.14 bits per heavy atom. The maximum absolute atomic E-state index is 12.9. The summed E-state index contributed by atoms with van der Waals surface area (Å²) in [5.74, 6) is 1.15. The summed E-state index contributed by atoms with van der Waals surface area (Å²) in [6.45, 7) is 3.73. The Bertz CT molecular complexity index is 599. The molecule has 5 nitrogen and oxygen atoms in total. The van der Waals surface area contributed by atoms with Crippen molar-refractivity contribution in [3.8, 4) is 11.4 Å². The first-order valence-corrected chi connectivity index (χ1v) is 7.11. The Hall–Kier alpha value is -1.79. The smallest absolute Gasteiger partial charge is 0.241 e. The van der Waals surface area contributed by atoms with Crippen LogP contribution in [-0.2, 0) is 6.54 Å². The van der Waals surface area contributed by atoms with E-state index in [4.69, 9.17) is 4.52 Å². The highest BCUT2D eigenvalue weighted by Gasteiger charge is 2.31. The minimum Gasteiger partial charge on any atom is -0.395 e. The minimum atomic E-state index is -0.292. The third-order valence-electron chi connectivity index (χ3n) is 4.09. The van der Waals surface area contributed by atoms with Crippen LogP contribution in [0, 0.1) is 11.7 Å². The second-order valence-corrected chi connectivity index (χ2v) is 5.50. The van der Waals surface area contributed by atoms with E-state index in [9.17, 15) is 9.50 Å². The zero-order valence-electron chi connectivity index (χ0n) is 11.9. The summed E-state index contributed by atoms with van der Waals surface area (Å²) in [5.41, 5.74) is 0.722. The third kappa shape index (κ3) is 2.96. The Balaban J connectivity index is 1.72. The van der Waals surface area contributed by atoms with Crippen molar-refractivity contribution in [3.05, 3.63) is 36.0 Å². The van der Waals surface area contributed by atoms with Gasteiger partial charge in [-0.1, -0.05) is 12.1 Å². The molecule has 112 valence electrons. The van der Waals surface area contributed by atoms with Gasteiger partial charge in [0.25, 0.3) is 0 Å². The molecule has 0 aliphatic carbocycles. The average Bonchev–Trinajstić information content (AvgIpc) is 3.07. The van der Waals surface area contributed by atoms with E-state index in [0.29, 0.717) is 24.2 Å². The molecule has 1 aliphatic rings. The van der Waals surface area contributed by atoms with Crippen molar-refractivity contribution < 1.29 is 14.0 Å². The van der Waals surface area contributed by atoms with E-state index in [1.165, 1.54) is 12.1 Å². The predicted octanol–water partition coefficient (Wildman–Crippen LogP) is 2.08. The summed E-state index contributed by atoms with van der Waals surface area (Å²) < 4.78 is 18.2. The van der Waals surface area contributed by atoms with Gasteiger partial charge in [-0.25, -0.2) is 4.39 Å². The molecule has 0 saturated carbocycles. The van der Waals surface area contributed by atoms with E-state index >= 15 is 0 Å². The van der Waals surface area contributed by atoms with Gasteiger partial charge in [0, 0.05) is 11.6 Å². The molecule has 1 aliphatic heterocycles. The van der Waals surface area contributed by atoms with Gasteiger partial charge in [0.05, 0.1) is 13.2 Å². The lowest BCUT2D eigenvalue weighted by atomic mass is 10.0. The van der Waals surface area contributed by atoms with Crippen molar-refractivity contribution >= 4 is 0 Å². The topological polar surface area (TPSA) is 62.4 Å². The fraction of sp³-hybridized carbons (Fsp3) is 0.467. The highest BCUT2D eigenvalue weighted by molar-refractivity contribution is 5.53. The van der Waals surface area contributed by atoms with Gasteiger partial charge in [-0.15, -0.1) is 0 Å². The summed E-state index contributed by atoms with van der Waals surface area (Å²) in [4.78, 5) is 6.50. The standard InChI is InChI=1S/C15H18FN3O2/c1-10-6-7-19(13(10)9-20)8-14-17-15(18-21-14)11-2-4-12(16)5-3-11/h2-5,10,13,20H,6-9H2,1H3. The lowest BCUT2D eigenvalue weighted by Crippen LogP contribution is -2.34. The summed E-state index contributed by atoms with van der Waals surface area (Å²) >= 11 is 0. The van der Waals surface area contributed by atoms with Gasteiger partial charge in [-0.05, 0) is 43.1 Å². The normalized spacial score (nSPS) is 22.8. The molecule has 2 aromatic rings. The van der Waals surface area contributed by atoms with Gasteiger partial charge >= 0.3 is 0 Å². The maximum Gasteiger partial charge on any atom is 0.241 e. The Morgan fingerprint density at radius 3 is 2.86 bits per heavy atom. The molecule has 0 amide bonds. The molecular weight excluding hydrogens is 273 g/mol. The molecule has 6 heteroatoms. The van der Waals surface area contributed by atoms with Gasteiger partial charge < -0.3 is 9.63 Å². The number of hydrogen-bond donors (Lipinski definition) is 1. The number of aromatic nitrogens is 2. The third-order valence-corrected chi connectivity index (χ3v) is 4.09. The molecule has 2 atom stereocenters. The molecular formula is C15H18FN3O2. The first-order chi connectivity index (χ1) is 10.2. The molecule has 0 radical (unpaired) electrons. The van der Waals surface area contributed by atoms with Crippen molar-refractivity contribution in [2.75, 3.05) is 13.2 Å². The second-order valence-electron chi connectivity index (χ2n) is 5.50. The number of likely N-dealkylation sites (tertiary alicyclic amines) is 1. The highest BCUT2D eigenvalue weighted by Crippen LogP contribution is 2.25. The zero-order valence-corrected chi connectivity index (χ0v) is 11.9. The fourth-order valence-electron chi connectivity index (χ4n) is 2.79. The molecule has 2 unspecified atom stereocenters. The lowest BCUT2D eigenvalue weighted by Gasteiger charge is -2.23. The van der Waals surface area contributed by atoms with Crippen LogP contribution in [0.5, 0.6) is 0 Å². The molecule has 0 bridgehead atoms. The van der Waals surface area contributed by atoms with Crippen LogP contribution in [0.3, 0.4) is 0 Å². The van der Waals surface area contributed by atoms with Crippen LogP contribution < -0.4 is 0 Å². The van der Waals surface area contributed by atoms with Crippen molar-refractivity contribution in [1.82, 2.24) is 15.0 Å². The summed E-state index contributed by atoms with van der Waals surface area (Å²) in [6, 6.07) is 6.13. The van der Waals surface area contributed by atoms with E-state index in [1.54, 1.807) is 12.1 Å². The molecule has 1 saturated heterocycles. The van der Waals surface area contributed by atoms with Gasteiger partial charge in [0.15, 0.2) is 0 Å². The van der Waals surface area contributed by atoms with E-state index in [0.717, 1.165) is 18.5 Å². The van der Waals surface area contributed by atoms with Crippen LogP contribution in [0.15, 0.2) is 28.8 Å². The van der Waals surface area contributed by atoms with Crippen LogP contribution in [-0.4, -0.2) is 39.3 Å². The summed E-state index contributed by atoms with van der Waals surface area (Å²) in [7, 11) is 0. The minimum absolute atomic E-state index is 0.139. The number of halogens is 1. The summed E-state index contributed by atoms with van der Waals surface area (Å²) in [5, 5.41) is 13.4. The largest absolute Gasteiger partial charge is 0.395 e. The second kappa shape index (κ2) is 5.91. The summed E-state index contributed by atoms with van der Waals surface area (Å²) in [6.07, 6.45) is 1.06. The van der Waals surface area contributed by atoms with Crippen LogP contribution in [0.2, 0.25) is 0 Å². The van der Waals surface area contributed by atoms with E-state index in [-0.39, 0.29) is 18.5 Å². The van der Waals surface area contributed by atoms with Crippen LogP contribution in [0.4, 0.5) is 4.39 Å². The number of rotatable bonds is 4. The monoisotopic (exact) mass is 291 g/mol. The quantitative estimate of drug-likeness (QED) is 0.934. The number of aliphatic hydroxyl groups excluding tert-OH is 1. The van der Waals surface area contributed by atoms with Gasteiger partial charge in [0.1, 0.15) is 5.82 Å². The number of benzene rings is 1. The molecule has 21 heavy (non-hydrogen) atoms. The molecule has 1 aromatic carbocycles. The molecule has 1 fully saturated rings. The number of aliphatic hydroxyl groups is 1. The van der Waals surface area contributed by atoms with E-state index in [1.807, 2.05) is 0 Å². The first-order valence-electron chi connectivity index (χ1n) is 7.11. The molecule has 0 spiro atoms. The fourth-order valence-corrected chi connectivity index (χ4v) is 2.79. The average molecular weight is 291 g/mol. The van der Waals surface area contributed by atoms with Crippen molar-refractivity contribution in [1.29, 1.82) is 0 Å². The van der Waals surface area contributed by atoms with Crippen LogP contribution in [0.1, 0.15) is 19.2 Å². The van der Waals surface area contributed by atoms with Gasteiger partial charge in [0.2, 0.25) is 11.7 Å². The van der Waals surface area contributed by atoms with Gasteiger partial charge in [-0.3, -0.25) is 4.90 Å². The van der Waals surface area contributed by atoms with Gasteiger partial charge in [-0.2, -0.15) is 4.98 Å². The number of nitrogens with zero attached hydrogens (tertiary/aromatic N) is 3. The molecule has 3 rings (SSSR count). The molecule has 1 aromatic heterocycles. The van der Waals surface area contributed by atoms with Crippen molar-refractivity contribution in [2.45, 2.75) is 25.9 Å². The highest BCUT2D eigenvalue weighted by atomic mass is 19.1. The maximum atomic E-state index is 12.9. The molecule has 2 heterocycles. The Kier molecular flexibility index (Phi) is 3.98. The predicted molar refractivity (Wildman–Crippen MR) is 74.8 cm³/mol. The van der Waals surface area contributed by atoms with E-state index in [2.05, 4.69) is 22.0 Å². The molecule has 1 N–H and O–H groups in total. The number of hydrogen-bond acceptors (Lipinski definition) is 5. The Morgan fingerprint density at radius 1 is 1.38 bits per heavy atom. The SMILES string of the molecule is CC1CCN(Cc2nc(-c3ccc(F)cc3)no2)C1CO. The van der Waals surface area contributed by atoms with Crippen molar-refractivity contribution in [3.63, 3.8) is 0 Å². The van der Waals surface area contributed by atoms with E-state index < -0.39 is 0 Å².